The molecule has 80 valence electrons. The summed E-state index contributed by atoms with van der Waals surface area (Å²) in [6, 6.07) is 3.45. The maximum absolute atomic E-state index is 11.0. The zero-order chi connectivity index (χ0) is 10.8. The van der Waals surface area contributed by atoms with Crippen molar-refractivity contribution in [2.45, 2.75) is 9.79 Å². The summed E-state index contributed by atoms with van der Waals surface area (Å²) >= 11 is 3.13. The van der Waals surface area contributed by atoms with Crippen molar-refractivity contribution in [2.75, 3.05) is 18.6 Å². The second-order valence-corrected chi connectivity index (χ2v) is 4.93. The molecule has 0 aromatic heterocycles. The van der Waals surface area contributed by atoms with E-state index in [-0.39, 0.29) is 0 Å². The van der Waals surface area contributed by atoms with Crippen LogP contribution >= 0.6 is 23.5 Å². The molecule has 1 heterocycles. The van der Waals surface area contributed by atoms with E-state index >= 15 is 0 Å². The minimum Gasteiger partial charge on any atom is -0.490 e. The van der Waals surface area contributed by atoms with Crippen LogP contribution in [0.4, 0.5) is 0 Å². The third-order valence-electron chi connectivity index (χ3n) is 2.10. The summed E-state index contributed by atoms with van der Waals surface area (Å²) in [5.74, 6) is 0.654. The SMILES string of the molecule is CSc1ccc(C(=O)O)c2c1OCCS2. The molecule has 0 atom stereocenters. The Kier molecular flexibility index (Phi) is 3.11. The maximum atomic E-state index is 11.0. The van der Waals surface area contributed by atoms with Crippen molar-refractivity contribution in [3.8, 4) is 5.75 Å². The molecule has 1 N–H and O–H groups in total. The molecule has 0 saturated carbocycles. The van der Waals surface area contributed by atoms with Gasteiger partial charge in [0.2, 0.25) is 0 Å². The van der Waals surface area contributed by atoms with E-state index in [2.05, 4.69) is 0 Å². The van der Waals surface area contributed by atoms with Gasteiger partial charge in [-0.25, -0.2) is 4.79 Å². The second-order valence-electron chi connectivity index (χ2n) is 2.98. The van der Waals surface area contributed by atoms with Crippen LogP contribution in [-0.4, -0.2) is 29.7 Å². The molecule has 3 nitrogen and oxygen atoms in total. The van der Waals surface area contributed by atoms with Crippen molar-refractivity contribution in [2.24, 2.45) is 0 Å². The van der Waals surface area contributed by atoms with Crippen molar-refractivity contribution in [1.82, 2.24) is 0 Å². The van der Waals surface area contributed by atoms with Crippen LogP contribution in [0.3, 0.4) is 0 Å². The van der Waals surface area contributed by atoms with E-state index in [1.54, 1.807) is 35.7 Å². The first-order chi connectivity index (χ1) is 7.24. The summed E-state index contributed by atoms with van der Waals surface area (Å²) in [5, 5.41) is 9.03. The van der Waals surface area contributed by atoms with E-state index in [0.29, 0.717) is 12.2 Å². The zero-order valence-corrected chi connectivity index (χ0v) is 9.78. The fraction of sp³-hybridized carbons (Fsp3) is 0.300. The smallest absolute Gasteiger partial charge is 0.336 e. The van der Waals surface area contributed by atoms with Gasteiger partial charge < -0.3 is 9.84 Å². The molecule has 5 heteroatoms. The van der Waals surface area contributed by atoms with E-state index in [1.807, 2.05) is 6.26 Å². The van der Waals surface area contributed by atoms with E-state index in [4.69, 9.17) is 9.84 Å². The third kappa shape index (κ3) is 1.94. The molecule has 0 bridgehead atoms. The van der Waals surface area contributed by atoms with Crippen molar-refractivity contribution < 1.29 is 14.6 Å². The number of thioether (sulfide) groups is 2. The Hall–Kier alpha value is -0.810. The molecular formula is C10H10O3S2. The number of hydrogen-bond donors (Lipinski definition) is 1. The Morgan fingerprint density at radius 1 is 1.60 bits per heavy atom. The Morgan fingerprint density at radius 2 is 2.40 bits per heavy atom. The molecule has 0 saturated heterocycles. The number of benzene rings is 1. The Balaban J connectivity index is 2.57. The lowest BCUT2D eigenvalue weighted by Crippen LogP contribution is -2.11. The van der Waals surface area contributed by atoms with Crippen molar-refractivity contribution in [3.05, 3.63) is 17.7 Å². The van der Waals surface area contributed by atoms with Crippen molar-refractivity contribution >= 4 is 29.5 Å². The lowest BCUT2D eigenvalue weighted by molar-refractivity contribution is 0.0691. The fourth-order valence-electron chi connectivity index (χ4n) is 1.44. The molecule has 0 unspecified atom stereocenters. The Labute approximate surface area is 96.2 Å². The van der Waals surface area contributed by atoms with Gasteiger partial charge >= 0.3 is 5.97 Å². The van der Waals surface area contributed by atoms with Crippen LogP contribution in [0.15, 0.2) is 21.9 Å². The topological polar surface area (TPSA) is 46.5 Å². The molecule has 15 heavy (non-hydrogen) atoms. The van der Waals surface area contributed by atoms with Crippen LogP contribution < -0.4 is 4.74 Å². The fourth-order valence-corrected chi connectivity index (χ4v) is 3.04. The van der Waals surface area contributed by atoms with Crippen LogP contribution in [-0.2, 0) is 0 Å². The lowest BCUT2D eigenvalue weighted by atomic mass is 10.2. The minimum atomic E-state index is -0.892. The first-order valence-corrected chi connectivity index (χ1v) is 6.65. The highest BCUT2D eigenvalue weighted by atomic mass is 32.2. The third-order valence-corrected chi connectivity index (χ3v) is 3.93. The van der Waals surface area contributed by atoms with Crippen molar-refractivity contribution in [1.29, 1.82) is 0 Å². The second kappa shape index (κ2) is 4.37. The highest BCUT2D eigenvalue weighted by molar-refractivity contribution is 8.00. The highest BCUT2D eigenvalue weighted by Gasteiger charge is 2.21. The van der Waals surface area contributed by atoms with Crippen LogP contribution in [0.1, 0.15) is 10.4 Å². The van der Waals surface area contributed by atoms with Crippen LogP contribution in [0.25, 0.3) is 0 Å². The summed E-state index contributed by atoms with van der Waals surface area (Å²) in [4.78, 5) is 12.8. The van der Waals surface area contributed by atoms with E-state index < -0.39 is 5.97 Å². The van der Waals surface area contributed by atoms with Gasteiger partial charge in [0.1, 0.15) is 5.75 Å². The van der Waals surface area contributed by atoms with E-state index in [1.165, 1.54) is 0 Å². The monoisotopic (exact) mass is 242 g/mol. The summed E-state index contributed by atoms with van der Waals surface area (Å²) in [6.45, 7) is 0.647. The average molecular weight is 242 g/mol. The van der Waals surface area contributed by atoms with Crippen LogP contribution in [0, 0.1) is 0 Å². The van der Waals surface area contributed by atoms with Gasteiger partial charge in [0, 0.05) is 5.75 Å². The quantitative estimate of drug-likeness (QED) is 0.808. The molecule has 0 fully saturated rings. The van der Waals surface area contributed by atoms with Gasteiger partial charge in [0.05, 0.1) is 22.0 Å². The van der Waals surface area contributed by atoms with Gasteiger partial charge in [-0.15, -0.1) is 23.5 Å². The predicted molar refractivity (Wildman–Crippen MR) is 61.4 cm³/mol. The zero-order valence-electron chi connectivity index (χ0n) is 8.15. The van der Waals surface area contributed by atoms with Gasteiger partial charge in [0.15, 0.2) is 0 Å². The van der Waals surface area contributed by atoms with E-state index in [9.17, 15) is 4.79 Å². The molecule has 1 aliphatic heterocycles. The first kappa shape index (κ1) is 10.7. The molecule has 0 radical (unpaired) electrons. The number of carbonyl (C=O) groups is 1. The van der Waals surface area contributed by atoms with Gasteiger partial charge in [-0.3, -0.25) is 0 Å². The number of rotatable bonds is 2. The molecule has 1 aromatic rings. The molecule has 1 aliphatic rings. The standard InChI is InChI=1S/C10H10O3S2/c1-14-7-3-2-6(10(11)12)9-8(7)13-4-5-15-9/h2-3H,4-5H2,1H3,(H,11,12). The highest BCUT2D eigenvalue weighted by Crippen LogP contribution is 2.42. The molecule has 0 amide bonds. The number of carboxylic acid groups (broad SMARTS) is 1. The summed E-state index contributed by atoms with van der Waals surface area (Å²) in [6.07, 6.45) is 1.96. The first-order valence-electron chi connectivity index (χ1n) is 4.44. The Morgan fingerprint density at radius 3 is 3.07 bits per heavy atom. The van der Waals surface area contributed by atoms with Crippen LogP contribution in [0.2, 0.25) is 0 Å². The maximum Gasteiger partial charge on any atom is 0.336 e. The van der Waals surface area contributed by atoms with Gasteiger partial charge in [0.25, 0.3) is 0 Å². The Bertz CT molecular complexity index is 404. The number of carboxylic acids is 1. The van der Waals surface area contributed by atoms with Gasteiger partial charge in [-0.05, 0) is 18.4 Å². The number of fused-ring (bicyclic) bond motifs is 1. The summed E-state index contributed by atoms with van der Waals surface area (Å²) in [5.41, 5.74) is 0.340. The molecule has 2 rings (SSSR count). The number of hydrogen-bond acceptors (Lipinski definition) is 4. The van der Waals surface area contributed by atoms with E-state index in [0.717, 1.165) is 21.3 Å². The minimum absolute atomic E-state index is 0.340. The lowest BCUT2D eigenvalue weighted by Gasteiger charge is -2.20. The molecule has 0 spiro atoms. The van der Waals surface area contributed by atoms with Gasteiger partial charge in [-0.2, -0.15) is 0 Å². The normalized spacial score (nSPS) is 14.2. The molecule has 1 aromatic carbocycles. The predicted octanol–water partition coefficient (Wildman–Crippen LogP) is 2.59. The van der Waals surface area contributed by atoms with Crippen LogP contribution in [0.5, 0.6) is 5.75 Å². The number of ether oxygens (including phenoxy) is 1. The average Bonchev–Trinajstić information content (AvgIpc) is 2.27. The molecular weight excluding hydrogens is 232 g/mol. The summed E-state index contributed by atoms with van der Waals surface area (Å²) in [7, 11) is 0. The number of aromatic carboxylic acids is 1. The largest absolute Gasteiger partial charge is 0.490 e. The molecule has 0 aliphatic carbocycles. The summed E-state index contributed by atoms with van der Waals surface area (Å²) < 4.78 is 5.53. The van der Waals surface area contributed by atoms with Crippen molar-refractivity contribution in [3.63, 3.8) is 0 Å². The van der Waals surface area contributed by atoms with Gasteiger partial charge in [-0.1, -0.05) is 0 Å².